The summed E-state index contributed by atoms with van der Waals surface area (Å²) in [7, 11) is 0. The fourth-order valence-electron chi connectivity index (χ4n) is 3.01. The van der Waals surface area contributed by atoms with Gasteiger partial charge in [-0.25, -0.2) is 0 Å². The van der Waals surface area contributed by atoms with Crippen LogP contribution in [0.5, 0.6) is 0 Å². The van der Waals surface area contributed by atoms with E-state index in [1.807, 2.05) is 0 Å². The summed E-state index contributed by atoms with van der Waals surface area (Å²) in [6.45, 7) is 11.3. The largest absolute Gasteiger partial charge is 0.307 e. The second-order valence-corrected chi connectivity index (χ2v) is 6.16. The molecule has 1 aliphatic rings. The quantitative estimate of drug-likeness (QED) is 0.826. The van der Waals surface area contributed by atoms with Gasteiger partial charge < -0.3 is 5.32 Å². The lowest BCUT2D eigenvalue weighted by molar-refractivity contribution is 0.229. The first kappa shape index (κ1) is 13.6. The zero-order valence-corrected chi connectivity index (χ0v) is 12.5. The number of aryl methyl sites for hydroxylation is 3. The molecule has 0 aromatic heterocycles. The molecule has 1 nitrogen and oxygen atoms in total. The molecule has 2 rings (SSSR count). The third kappa shape index (κ3) is 2.77. The molecular formula is C17H27N. The summed E-state index contributed by atoms with van der Waals surface area (Å²) < 4.78 is 0. The number of nitrogens with one attached hydrogen (secondary N) is 1. The zero-order chi connectivity index (χ0) is 13.3. The predicted molar refractivity (Wildman–Crippen MR) is 79.0 cm³/mol. The normalized spacial score (nSPS) is 19.4. The van der Waals surface area contributed by atoms with Gasteiger partial charge in [-0.3, -0.25) is 0 Å². The molecule has 1 heteroatoms. The summed E-state index contributed by atoms with van der Waals surface area (Å²) in [4.78, 5) is 0. The van der Waals surface area contributed by atoms with Crippen LogP contribution in [0, 0.1) is 26.7 Å². The highest BCUT2D eigenvalue weighted by Crippen LogP contribution is 2.31. The van der Waals surface area contributed by atoms with Gasteiger partial charge in [-0.1, -0.05) is 18.6 Å². The highest BCUT2D eigenvalue weighted by molar-refractivity contribution is 5.38. The van der Waals surface area contributed by atoms with E-state index in [9.17, 15) is 0 Å². The molecule has 0 heterocycles. The molecule has 1 fully saturated rings. The SMILES string of the molecule is Cc1cc(C)c(C(C)NC(C)C2CCC2)cc1C. The average molecular weight is 245 g/mol. The van der Waals surface area contributed by atoms with Gasteiger partial charge in [0.25, 0.3) is 0 Å². The number of rotatable bonds is 4. The molecule has 0 amide bonds. The zero-order valence-electron chi connectivity index (χ0n) is 12.5. The smallest absolute Gasteiger partial charge is 0.0297 e. The molecular weight excluding hydrogens is 218 g/mol. The van der Waals surface area contributed by atoms with Crippen molar-refractivity contribution in [3.05, 3.63) is 34.4 Å². The van der Waals surface area contributed by atoms with Crippen LogP contribution in [0.4, 0.5) is 0 Å². The monoisotopic (exact) mass is 245 g/mol. The van der Waals surface area contributed by atoms with Crippen LogP contribution in [0.15, 0.2) is 12.1 Å². The molecule has 18 heavy (non-hydrogen) atoms. The van der Waals surface area contributed by atoms with Crippen molar-refractivity contribution in [3.8, 4) is 0 Å². The van der Waals surface area contributed by atoms with E-state index in [-0.39, 0.29) is 0 Å². The Bertz CT molecular complexity index is 418. The molecule has 1 saturated carbocycles. The third-order valence-electron chi connectivity index (χ3n) is 4.72. The maximum absolute atomic E-state index is 3.79. The van der Waals surface area contributed by atoms with Crippen LogP contribution < -0.4 is 5.32 Å². The lowest BCUT2D eigenvalue weighted by atomic mass is 9.80. The molecule has 100 valence electrons. The summed E-state index contributed by atoms with van der Waals surface area (Å²) in [5, 5.41) is 3.79. The van der Waals surface area contributed by atoms with Crippen molar-refractivity contribution in [2.75, 3.05) is 0 Å². The van der Waals surface area contributed by atoms with Gasteiger partial charge in [0, 0.05) is 12.1 Å². The van der Waals surface area contributed by atoms with Gasteiger partial charge in [0.05, 0.1) is 0 Å². The van der Waals surface area contributed by atoms with Crippen molar-refractivity contribution in [1.29, 1.82) is 0 Å². The first-order chi connectivity index (χ1) is 8.49. The van der Waals surface area contributed by atoms with Crippen LogP contribution in [0.3, 0.4) is 0 Å². The van der Waals surface area contributed by atoms with E-state index in [0.29, 0.717) is 12.1 Å². The summed E-state index contributed by atoms with van der Waals surface area (Å²) >= 11 is 0. The van der Waals surface area contributed by atoms with Crippen LogP contribution in [0.1, 0.15) is 61.4 Å². The number of hydrogen-bond acceptors (Lipinski definition) is 1. The molecule has 2 unspecified atom stereocenters. The predicted octanol–water partition coefficient (Wildman–Crippen LogP) is 4.45. The molecule has 1 aromatic rings. The van der Waals surface area contributed by atoms with Crippen molar-refractivity contribution in [2.45, 2.75) is 66.0 Å². The Morgan fingerprint density at radius 1 is 1.00 bits per heavy atom. The lowest BCUT2D eigenvalue weighted by Crippen LogP contribution is -2.38. The Hall–Kier alpha value is -0.820. The summed E-state index contributed by atoms with van der Waals surface area (Å²) in [6.07, 6.45) is 4.24. The van der Waals surface area contributed by atoms with Gasteiger partial charge in [0.2, 0.25) is 0 Å². The Balaban J connectivity index is 2.08. The number of benzene rings is 1. The molecule has 0 bridgehead atoms. The van der Waals surface area contributed by atoms with Crippen molar-refractivity contribution in [1.82, 2.24) is 5.32 Å². The maximum atomic E-state index is 3.79. The van der Waals surface area contributed by atoms with Crippen LogP contribution in [-0.2, 0) is 0 Å². The van der Waals surface area contributed by atoms with Gasteiger partial charge in [-0.2, -0.15) is 0 Å². The average Bonchev–Trinajstić information content (AvgIpc) is 2.20. The molecule has 1 aliphatic carbocycles. The number of hydrogen-bond donors (Lipinski definition) is 1. The highest BCUT2D eigenvalue weighted by atomic mass is 14.9. The van der Waals surface area contributed by atoms with E-state index in [1.54, 1.807) is 0 Å². The molecule has 0 radical (unpaired) electrons. The van der Waals surface area contributed by atoms with Crippen LogP contribution in [-0.4, -0.2) is 6.04 Å². The van der Waals surface area contributed by atoms with Gasteiger partial charge in [0.1, 0.15) is 0 Å². The third-order valence-corrected chi connectivity index (χ3v) is 4.72. The van der Waals surface area contributed by atoms with Crippen molar-refractivity contribution < 1.29 is 0 Å². The van der Waals surface area contributed by atoms with E-state index in [1.165, 1.54) is 41.5 Å². The van der Waals surface area contributed by atoms with E-state index in [4.69, 9.17) is 0 Å². The van der Waals surface area contributed by atoms with Crippen LogP contribution >= 0.6 is 0 Å². The van der Waals surface area contributed by atoms with E-state index >= 15 is 0 Å². The lowest BCUT2D eigenvalue weighted by Gasteiger charge is -2.34. The van der Waals surface area contributed by atoms with Crippen LogP contribution in [0.25, 0.3) is 0 Å². The fourth-order valence-corrected chi connectivity index (χ4v) is 3.01. The summed E-state index contributed by atoms with van der Waals surface area (Å²) in [5.41, 5.74) is 5.68. The Morgan fingerprint density at radius 3 is 2.17 bits per heavy atom. The minimum atomic E-state index is 0.458. The summed E-state index contributed by atoms with van der Waals surface area (Å²) in [5.74, 6) is 0.902. The Morgan fingerprint density at radius 2 is 1.61 bits per heavy atom. The first-order valence-corrected chi connectivity index (χ1v) is 7.33. The standard InChI is InChI=1S/C17H27N/c1-11-9-13(3)17(10-12(11)2)15(5)18-14(4)16-7-6-8-16/h9-10,14-16,18H,6-8H2,1-5H3. The Labute approximate surface area is 112 Å². The second kappa shape index (κ2) is 5.44. The summed E-state index contributed by atoms with van der Waals surface area (Å²) in [6, 6.07) is 5.78. The van der Waals surface area contributed by atoms with E-state index in [2.05, 4.69) is 52.1 Å². The molecule has 1 N–H and O–H groups in total. The van der Waals surface area contributed by atoms with Gasteiger partial charge in [-0.05, 0) is 75.6 Å². The van der Waals surface area contributed by atoms with Gasteiger partial charge in [0.15, 0.2) is 0 Å². The molecule has 0 saturated heterocycles. The molecule has 1 aromatic carbocycles. The fraction of sp³-hybridized carbons (Fsp3) is 0.647. The van der Waals surface area contributed by atoms with E-state index < -0.39 is 0 Å². The molecule has 2 atom stereocenters. The second-order valence-electron chi connectivity index (χ2n) is 6.16. The van der Waals surface area contributed by atoms with Crippen LogP contribution in [0.2, 0.25) is 0 Å². The van der Waals surface area contributed by atoms with Crippen molar-refractivity contribution >= 4 is 0 Å². The Kier molecular flexibility index (Phi) is 4.11. The van der Waals surface area contributed by atoms with Gasteiger partial charge >= 0.3 is 0 Å². The molecule has 0 spiro atoms. The molecule has 0 aliphatic heterocycles. The van der Waals surface area contributed by atoms with Crippen molar-refractivity contribution in [2.24, 2.45) is 5.92 Å². The topological polar surface area (TPSA) is 12.0 Å². The first-order valence-electron chi connectivity index (χ1n) is 7.33. The van der Waals surface area contributed by atoms with Gasteiger partial charge in [-0.15, -0.1) is 0 Å². The van der Waals surface area contributed by atoms with E-state index in [0.717, 1.165) is 5.92 Å². The maximum Gasteiger partial charge on any atom is 0.0297 e. The van der Waals surface area contributed by atoms with Crippen molar-refractivity contribution in [3.63, 3.8) is 0 Å². The highest BCUT2D eigenvalue weighted by Gasteiger charge is 2.25. The minimum Gasteiger partial charge on any atom is -0.307 e. The minimum absolute atomic E-state index is 0.458.